The number of nitrogens with zero attached hydrogens (tertiary/aromatic N) is 2. The van der Waals surface area contributed by atoms with Crippen LogP contribution in [0.2, 0.25) is 0 Å². The standard InChI is InChI=1S/C18H26N4O2/c1-18(2,3)16-13(10-15(24-16)17(19)23)11-22-8-5-12(6-9-22)14-4-7-20-21-14/h4,7,10,12H,5-6,8-9,11H2,1-3H3,(H2,19,23)(H,20,21). The van der Waals surface area contributed by atoms with Crippen molar-refractivity contribution in [3.8, 4) is 0 Å². The van der Waals surface area contributed by atoms with Gasteiger partial charge in [0.15, 0.2) is 5.76 Å². The Labute approximate surface area is 142 Å². The Morgan fingerprint density at radius 3 is 2.67 bits per heavy atom. The number of nitrogens with two attached hydrogens (primary N) is 1. The molecular formula is C18H26N4O2. The van der Waals surface area contributed by atoms with E-state index in [-0.39, 0.29) is 11.2 Å². The summed E-state index contributed by atoms with van der Waals surface area (Å²) in [5.41, 5.74) is 7.53. The smallest absolute Gasteiger partial charge is 0.284 e. The van der Waals surface area contributed by atoms with Crippen molar-refractivity contribution < 1.29 is 9.21 Å². The molecule has 3 N–H and O–H groups in total. The highest BCUT2D eigenvalue weighted by Crippen LogP contribution is 2.32. The summed E-state index contributed by atoms with van der Waals surface area (Å²) in [6, 6.07) is 3.87. The number of carbonyl (C=O) groups excluding carboxylic acids is 1. The molecule has 1 amide bonds. The van der Waals surface area contributed by atoms with Crippen LogP contribution in [0.15, 0.2) is 22.7 Å². The number of amides is 1. The van der Waals surface area contributed by atoms with E-state index in [0.29, 0.717) is 5.92 Å². The number of aromatic amines is 1. The second-order valence-corrected chi connectivity index (χ2v) is 7.64. The fraction of sp³-hybridized carbons (Fsp3) is 0.556. The molecule has 24 heavy (non-hydrogen) atoms. The molecule has 3 rings (SSSR count). The lowest BCUT2D eigenvalue weighted by Gasteiger charge is -2.31. The van der Waals surface area contributed by atoms with Crippen LogP contribution in [0.25, 0.3) is 0 Å². The summed E-state index contributed by atoms with van der Waals surface area (Å²) < 4.78 is 5.75. The molecule has 6 heteroatoms. The zero-order valence-corrected chi connectivity index (χ0v) is 14.6. The van der Waals surface area contributed by atoms with Gasteiger partial charge in [-0.15, -0.1) is 0 Å². The van der Waals surface area contributed by atoms with Crippen LogP contribution in [0.5, 0.6) is 0 Å². The van der Waals surface area contributed by atoms with Crippen LogP contribution in [-0.2, 0) is 12.0 Å². The first-order valence-corrected chi connectivity index (χ1v) is 8.49. The third-order valence-corrected chi connectivity index (χ3v) is 4.68. The fourth-order valence-electron chi connectivity index (χ4n) is 3.44. The predicted octanol–water partition coefficient (Wildman–Crippen LogP) is 2.78. The van der Waals surface area contributed by atoms with E-state index in [1.165, 1.54) is 5.69 Å². The van der Waals surface area contributed by atoms with Gasteiger partial charge in [-0.05, 0) is 38.1 Å². The summed E-state index contributed by atoms with van der Waals surface area (Å²) in [5, 5.41) is 7.13. The summed E-state index contributed by atoms with van der Waals surface area (Å²) in [4.78, 5) is 13.9. The quantitative estimate of drug-likeness (QED) is 0.902. The molecule has 0 saturated carbocycles. The number of H-pyrrole nitrogens is 1. The highest BCUT2D eigenvalue weighted by molar-refractivity contribution is 5.90. The van der Waals surface area contributed by atoms with Gasteiger partial charge in [0, 0.05) is 35.3 Å². The average Bonchev–Trinajstić information content (AvgIpc) is 3.16. The van der Waals surface area contributed by atoms with Gasteiger partial charge in [0.2, 0.25) is 0 Å². The molecule has 0 unspecified atom stereocenters. The van der Waals surface area contributed by atoms with Crippen molar-refractivity contribution in [1.29, 1.82) is 0 Å². The molecule has 2 aromatic heterocycles. The van der Waals surface area contributed by atoms with Gasteiger partial charge >= 0.3 is 0 Å². The summed E-state index contributed by atoms with van der Waals surface area (Å²) in [5.74, 6) is 1.15. The number of nitrogens with one attached hydrogen (secondary N) is 1. The van der Waals surface area contributed by atoms with E-state index in [9.17, 15) is 4.79 Å². The van der Waals surface area contributed by atoms with Crippen molar-refractivity contribution in [2.45, 2.75) is 51.5 Å². The molecule has 0 atom stereocenters. The first-order valence-electron chi connectivity index (χ1n) is 8.49. The number of furan rings is 1. The maximum atomic E-state index is 11.5. The van der Waals surface area contributed by atoms with Crippen molar-refractivity contribution in [2.24, 2.45) is 5.73 Å². The van der Waals surface area contributed by atoms with Crippen LogP contribution in [0, 0.1) is 0 Å². The third kappa shape index (κ3) is 3.53. The Balaban J connectivity index is 1.69. The highest BCUT2D eigenvalue weighted by Gasteiger charge is 2.28. The van der Waals surface area contributed by atoms with Gasteiger partial charge in [-0.2, -0.15) is 5.10 Å². The molecule has 3 heterocycles. The van der Waals surface area contributed by atoms with Gasteiger partial charge in [-0.25, -0.2) is 0 Å². The minimum atomic E-state index is -0.510. The molecule has 6 nitrogen and oxygen atoms in total. The fourth-order valence-corrected chi connectivity index (χ4v) is 3.44. The summed E-state index contributed by atoms with van der Waals surface area (Å²) in [7, 11) is 0. The summed E-state index contributed by atoms with van der Waals surface area (Å²) in [6.07, 6.45) is 4.02. The topological polar surface area (TPSA) is 88.2 Å². The molecule has 2 aromatic rings. The highest BCUT2D eigenvalue weighted by atomic mass is 16.4. The first kappa shape index (κ1) is 16.8. The van der Waals surface area contributed by atoms with Crippen LogP contribution in [-0.4, -0.2) is 34.1 Å². The summed E-state index contributed by atoms with van der Waals surface area (Å²) >= 11 is 0. The molecule has 130 valence electrons. The molecule has 1 aliphatic heterocycles. The van der Waals surface area contributed by atoms with Crippen LogP contribution in [0.3, 0.4) is 0 Å². The number of carbonyl (C=O) groups is 1. The SMILES string of the molecule is CC(C)(C)c1oc(C(N)=O)cc1CN1CCC(c2ccn[nH]2)CC1. The second-order valence-electron chi connectivity index (χ2n) is 7.64. The molecule has 1 aliphatic rings. The molecule has 1 fully saturated rings. The van der Waals surface area contributed by atoms with E-state index in [0.717, 1.165) is 43.8 Å². The molecule has 1 saturated heterocycles. The van der Waals surface area contributed by atoms with Crippen molar-refractivity contribution in [3.05, 3.63) is 41.1 Å². The van der Waals surface area contributed by atoms with Gasteiger partial charge in [0.25, 0.3) is 5.91 Å². The Kier molecular flexibility index (Phi) is 4.49. The Morgan fingerprint density at radius 1 is 1.42 bits per heavy atom. The average molecular weight is 330 g/mol. The Hall–Kier alpha value is -2.08. The predicted molar refractivity (Wildman–Crippen MR) is 91.8 cm³/mol. The monoisotopic (exact) mass is 330 g/mol. The van der Waals surface area contributed by atoms with Crippen molar-refractivity contribution in [1.82, 2.24) is 15.1 Å². The molecule has 0 radical (unpaired) electrons. The zero-order valence-electron chi connectivity index (χ0n) is 14.6. The number of primary amides is 1. The van der Waals surface area contributed by atoms with Crippen molar-refractivity contribution in [2.75, 3.05) is 13.1 Å². The lowest BCUT2D eigenvalue weighted by molar-refractivity contribution is 0.0970. The van der Waals surface area contributed by atoms with E-state index in [1.54, 1.807) is 0 Å². The maximum absolute atomic E-state index is 11.5. The molecule has 0 aliphatic carbocycles. The van der Waals surface area contributed by atoms with Crippen LogP contribution < -0.4 is 5.73 Å². The minimum absolute atomic E-state index is 0.155. The molecular weight excluding hydrogens is 304 g/mol. The molecule has 0 aromatic carbocycles. The van der Waals surface area contributed by atoms with E-state index < -0.39 is 5.91 Å². The number of aromatic nitrogens is 2. The van der Waals surface area contributed by atoms with Crippen molar-refractivity contribution >= 4 is 5.91 Å². The van der Waals surface area contributed by atoms with E-state index in [4.69, 9.17) is 10.2 Å². The number of rotatable bonds is 4. The number of hydrogen-bond donors (Lipinski definition) is 2. The van der Waals surface area contributed by atoms with Gasteiger partial charge in [-0.3, -0.25) is 14.8 Å². The van der Waals surface area contributed by atoms with Gasteiger partial charge < -0.3 is 10.2 Å². The van der Waals surface area contributed by atoms with Gasteiger partial charge in [0.1, 0.15) is 5.76 Å². The lowest BCUT2D eigenvalue weighted by Crippen LogP contribution is -2.33. The minimum Gasteiger partial charge on any atom is -0.455 e. The van der Waals surface area contributed by atoms with E-state index in [2.05, 4.69) is 41.9 Å². The van der Waals surface area contributed by atoms with Gasteiger partial charge in [-0.1, -0.05) is 20.8 Å². The number of likely N-dealkylation sites (tertiary alicyclic amines) is 1. The number of piperidine rings is 1. The van der Waals surface area contributed by atoms with Crippen molar-refractivity contribution in [3.63, 3.8) is 0 Å². The van der Waals surface area contributed by atoms with Gasteiger partial charge in [0.05, 0.1) is 0 Å². The van der Waals surface area contributed by atoms with Crippen LogP contribution in [0.4, 0.5) is 0 Å². The molecule has 0 bridgehead atoms. The number of hydrogen-bond acceptors (Lipinski definition) is 4. The van der Waals surface area contributed by atoms with Crippen LogP contribution in [0.1, 0.15) is 67.1 Å². The third-order valence-electron chi connectivity index (χ3n) is 4.68. The normalized spacial score (nSPS) is 17.3. The Morgan fingerprint density at radius 2 is 2.12 bits per heavy atom. The lowest BCUT2D eigenvalue weighted by atomic mass is 9.89. The summed E-state index contributed by atoms with van der Waals surface area (Å²) in [6.45, 7) is 9.09. The Bertz CT molecular complexity index is 689. The zero-order chi connectivity index (χ0) is 17.3. The largest absolute Gasteiger partial charge is 0.455 e. The van der Waals surface area contributed by atoms with E-state index >= 15 is 0 Å². The second kappa shape index (κ2) is 6.43. The molecule has 0 spiro atoms. The first-order chi connectivity index (χ1) is 11.3. The maximum Gasteiger partial charge on any atom is 0.284 e. The van der Waals surface area contributed by atoms with Crippen LogP contribution >= 0.6 is 0 Å². The van der Waals surface area contributed by atoms with E-state index in [1.807, 2.05) is 12.3 Å².